The summed E-state index contributed by atoms with van der Waals surface area (Å²) in [6.45, 7) is 4.96. The molecule has 4 nitrogen and oxygen atoms in total. The van der Waals surface area contributed by atoms with Gasteiger partial charge in [-0.3, -0.25) is 9.59 Å². The van der Waals surface area contributed by atoms with Gasteiger partial charge >= 0.3 is 57.4 Å². The molecule has 0 heterocycles. The van der Waals surface area contributed by atoms with Crippen molar-refractivity contribution in [3.8, 4) is 0 Å². The van der Waals surface area contributed by atoms with Crippen molar-refractivity contribution in [1.82, 2.24) is 0 Å². The maximum atomic E-state index is 10.7. The van der Waals surface area contributed by atoms with Crippen molar-refractivity contribution < 1.29 is 71.2 Å². The number of ketones is 1. The molecule has 12 heavy (non-hydrogen) atoms. The van der Waals surface area contributed by atoms with Crippen molar-refractivity contribution in [2.45, 2.75) is 20.8 Å². The third-order valence-corrected chi connectivity index (χ3v) is 1.25. The van der Waals surface area contributed by atoms with Crippen LogP contribution in [0.2, 0.25) is 0 Å². The van der Waals surface area contributed by atoms with E-state index in [2.05, 4.69) is 4.74 Å². The van der Waals surface area contributed by atoms with Crippen LogP contribution in [0.25, 0.3) is 0 Å². The molecule has 0 aliphatic heterocycles. The maximum Gasteiger partial charge on any atom is 1.00 e. The molecule has 0 rings (SSSR count). The molecule has 0 aliphatic carbocycles. The largest absolute Gasteiger partial charge is 1.00 e. The fraction of sp³-hybridized carbons (Fsp3) is 0.714. The average molecular weight is 200 g/mol. The van der Waals surface area contributed by atoms with Gasteiger partial charge in [-0.25, -0.2) is 0 Å². The van der Waals surface area contributed by atoms with Gasteiger partial charge in [-0.1, -0.05) is 0 Å². The van der Waals surface area contributed by atoms with Gasteiger partial charge in [-0.05, 0) is 20.8 Å². The minimum Gasteiger partial charge on any atom is -0.870 e. The van der Waals surface area contributed by atoms with E-state index in [-0.39, 0.29) is 62.6 Å². The zero-order valence-electron chi connectivity index (χ0n) is 7.96. The van der Waals surface area contributed by atoms with Gasteiger partial charge < -0.3 is 10.2 Å². The van der Waals surface area contributed by atoms with Crippen LogP contribution in [0.3, 0.4) is 0 Å². The Hall–Kier alpha value is 0.736. The summed E-state index contributed by atoms with van der Waals surface area (Å²) in [4.78, 5) is 21.3. The van der Waals surface area contributed by atoms with Crippen molar-refractivity contribution in [3.05, 3.63) is 0 Å². The summed E-state index contributed by atoms with van der Waals surface area (Å²) in [5.74, 6) is -1.20. The Morgan fingerprint density at radius 2 is 1.83 bits per heavy atom. The van der Waals surface area contributed by atoms with Crippen LogP contribution in [0.15, 0.2) is 0 Å². The molecule has 0 saturated carbocycles. The zero-order chi connectivity index (χ0) is 8.15. The SMILES string of the molecule is CCOC(=O)C(C)C(C)=O.[K+].[OH-]. The van der Waals surface area contributed by atoms with Crippen LogP contribution in [0, 0.1) is 5.92 Å². The monoisotopic (exact) mass is 200 g/mol. The fourth-order valence-corrected chi connectivity index (χ4v) is 0.433. The summed E-state index contributed by atoms with van der Waals surface area (Å²) in [7, 11) is 0. The van der Waals surface area contributed by atoms with Crippen molar-refractivity contribution >= 4 is 11.8 Å². The Bertz CT molecular complexity index is 146. The second-order valence-corrected chi connectivity index (χ2v) is 2.08. The van der Waals surface area contributed by atoms with Gasteiger partial charge in [0, 0.05) is 0 Å². The first-order valence-electron chi connectivity index (χ1n) is 3.26. The predicted molar refractivity (Wildman–Crippen MR) is 38.4 cm³/mol. The third-order valence-electron chi connectivity index (χ3n) is 1.25. The molecule has 0 amide bonds. The molecule has 0 aromatic carbocycles. The predicted octanol–water partition coefficient (Wildman–Crippen LogP) is -2.40. The molecule has 1 N–H and O–H groups in total. The molecule has 1 unspecified atom stereocenters. The van der Waals surface area contributed by atoms with Crippen molar-refractivity contribution in [2.24, 2.45) is 5.92 Å². The van der Waals surface area contributed by atoms with E-state index in [1.807, 2.05) is 0 Å². The van der Waals surface area contributed by atoms with Crippen LogP contribution in [0.5, 0.6) is 0 Å². The molecule has 0 aromatic rings. The van der Waals surface area contributed by atoms with Crippen LogP contribution in [0.4, 0.5) is 0 Å². The number of hydrogen-bond donors (Lipinski definition) is 0. The van der Waals surface area contributed by atoms with E-state index in [1.54, 1.807) is 13.8 Å². The molecular weight excluding hydrogens is 187 g/mol. The number of carbonyl (C=O) groups excluding carboxylic acids is 2. The molecule has 1 atom stereocenters. The first kappa shape index (κ1) is 18.5. The minimum absolute atomic E-state index is 0. The number of Topliss-reactive ketones (excluding diaryl/α,β-unsaturated/α-hetero) is 1. The van der Waals surface area contributed by atoms with Gasteiger partial charge in [0.2, 0.25) is 0 Å². The van der Waals surface area contributed by atoms with Crippen LogP contribution >= 0.6 is 0 Å². The standard InChI is InChI=1S/C7H12O3.K.H2O/c1-4-10-7(9)5(2)6(3)8;;/h5H,4H2,1-3H3;;1H2/q;+1;/p-1. The average Bonchev–Trinajstić information content (AvgIpc) is 1.87. The Morgan fingerprint density at radius 1 is 1.42 bits per heavy atom. The van der Waals surface area contributed by atoms with Crippen LogP contribution < -0.4 is 51.4 Å². The normalized spacial score (nSPS) is 10.2. The summed E-state index contributed by atoms with van der Waals surface area (Å²) in [5, 5.41) is 0. The second kappa shape index (κ2) is 9.82. The van der Waals surface area contributed by atoms with E-state index < -0.39 is 11.9 Å². The first-order valence-corrected chi connectivity index (χ1v) is 3.26. The van der Waals surface area contributed by atoms with Gasteiger partial charge in [0.15, 0.2) is 0 Å². The summed E-state index contributed by atoms with van der Waals surface area (Å²) in [6.07, 6.45) is 0. The summed E-state index contributed by atoms with van der Waals surface area (Å²) >= 11 is 0. The van der Waals surface area contributed by atoms with E-state index in [0.29, 0.717) is 6.61 Å². The molecule has 0 fully saturated rings. The van der Waals surface area contributed by atoms with Gasteiger partial charge in [0.05, 0.1) is 6.61 Å². The molecule has 0 spiro atoms. The molecule has 5 heteroatoms. The number of carbonyl (C=O) groups is 2. The van der Waals surface area contributed by atoms with E-state index in [1.165, 1.54) is 6.92 Å². The Kier molecular flexibility index (Phi) is 15.1. The number of ether oxygens (including phenoxy) is 1. The minimum atomic E-state index is -0.611. The molecule has 0 bridgehead atoms. The van der Waals surface area contributed by atoms with Crippen LogP contribution in [-0.4, -0.2) is 23.8 Å². The molecule has 0 aromatic heterocycles. The Morgan fingerprint density at radius 3 is 2.08 bits per heavy atom. The third kappa shape index (κ3) is 7.39. The Labute approximate surface area is 115 Å². The molecule has 0 radical (unpaired) electrons. The summed E-state index contributed by atoms with van der Waals surface area (Å²) in [6, 6.07) is 0. The van der Waals surface area contributed by atoms with Crippen molar-refractivity contribution in [2.75, 3.05) is 6.61 Å². The van der Waals surface area contributed by atoms with E-state index in [4.69, 9.17) is 0 Å². The molecule has 66 valence electrons. The number of esters is 1. The fourth-order valence-electron chi connectivity index (χ4n) is 0.433. The molecule has 0 saturated heterocycles. The smallest absolute Gasteiger partial charge is 0.870 e. The van der Waals surface area contributed by atoms with Gasteiger partial charge in [-0.2, -0.15) is 0 Å². The quantitative estimate of drug-likeness (QED) is 0.289. The van der Waals surface area contributed by atoms with E-state index >= 15 is 0 Å². The van der Waals surface area contributed by atoms with Crippen LogP contribution in [-0.2, 0) is 14.3 Å². The van der Waals surface area contributed by atoms with E-state index in [9.17, 15) is 9.59 Å². The van der Waals surface area contributed by atoms with Gasteiger partial charge in [-0.15, -0.1) is 0 Å². The van der Waals surface area contributed by atoms with Crippen molar-refractivity contribution in [1.29, 1.82) is 0 Å². The summed E-state index contributed by atoms with van der Waals surface area (Å²) in [5.41, 5.74) is 0. The van der Waals surface area contributed by atoms with E-state index in [0.717, 1.165) is 0 Å². The first-order chi connectivity index (χ1) is 4.59. The topological polar surface area (TPSA) is 73.4 Å². The maximum absolute atomic E-state index is 10.7. The second-order valence-electron chi connectivity index (χ2n) is 2.08. The van der Waals surface area contributed by atoms with Crippen molar-refractivity contribution in [3.63, 3.8) is 0 Å². The molecular formula is C7H13KO4. The van der Waals surface area contributed by atoms with Gasteiger partial charge in [0.1, 0.15) is 11.7 Å². The Balaban J connectivity index is -0.000000405. The number of hydrogen-bond acceptors (Lipinski definition) is 4. The van der Waals surface area contributed by atoms with Gasteiger partial charge in [0.25, 0.3) is 0 Å². The molecule has 0 aliphatic rings. The number of rotatable bonds is 3. The zero-order valence-corrected chi connectivity index (χ0v) is 11.1. The summed E-state index contributed by atoms with van der Waals surface area (Å²) < 4.78 is 4.61. The van der Waals surface area contributed by atoms with Crippen LogP contribution in [0.1, 0.15) is 20.8 Å².